The number of para-hydroxylation sites is 1. The fraction of sp³-hybridized carbons (Fsp3) is 0.385. The number of imide groups is 1. The average molecular weight is 230 g/mol. The van der Waals surface area contributed by atoms with E-state index >= 15 is 0 Å². The van der Waals surface area contributed by atoms with Crippen LogP contribution in [0.15, 0.2) is 24.3 Å². The van der Waals surface area contributed by atoms with Gasteiger partial charge in [0.15, 0.2) is 0 Å². The molecule has 1 heterocycles. The smallest absolute Gasteiger partial charge is 0.233 e. The summed E-state index contributed by atoms with van der Waals surface area (Å²) in [6.07, 6.45) is 0.741. The highest BCUT2D eigenvalue weighted by Crippen LogP contribution is 2.49. The third-order valence-corrected chi connectivity index (χ3v) is 3.73. The molecular weight excluding hydrogens is 216 g/mol. The molecule has 0 bridgehead atoms. The van der Waals surface area contributed by atoms with Crippen molar-refractivity contribution in [3.63, 3.8) is 0 Å². The van der Waals surface area contributed by atoms with Crippen LogP contribution in [0.3, 0.4) is 0 Å². The van der Waals surface area contributed by atoms with Crippen LogP contribution in [0, 0.1) is 11.8 Å². The number of hydrogen-bond donors (Lipinski definition) is 1. The molecule has 1 saturated heterocycles. The summed E-state index contributed by atoms with van der Waals surface area (Å²) in [5.74, 6) is -0.156. The number of rotatable bonds is 2. The molecule has 4 heteroatoms. The first-order valence-corrected chi connectivity index (χ1v) is 5.82. The van der Waals surface area contributed by atoms with Crippen molar-refractivity contribution < 1.29 is 9.59 Å². The summed E-state index contributed by atoms with van der Waals surface area (Å²) < 4.78 is 0. The first-order chi connectivity index (χ1) is 8.11. The van der Waals surface area contributed by atoms with E-state index in [0.29, 0.717) is 5.69 Å². The van der Waals surface area contributed by atoms with Crippen molar-refractivity contribution in [3.05, 3.63) is 29.8 Å². The lowest BCUT2D eigenvalue weighted by atomic mass is 10.0. The Hall–Kier alpha value is -1.84. The van der Waals surface area contributed by atoms with E-state index in [1.54, 1.807) is 6.07 Å². The molecule has 2 N–H and O–H groups in total. The SMILES string of the molecule is CC(c1ccccc1N)N1C(=O)C2CC2C1=O. The summed E-state index contributed by atoms with van der Waals surface area (Å²) in [6, 6.07) is 7.11. The average Bonchev–Trinajstić information content (AvgIpc) is 3.04. The van der Waals surface area contributed by atoms with Crippen LogP contribution < -0.4 is 5.73 Å². The topological polar surface area (TPSA) is 63.4 Å². The lowest BCUT2D eigenvalue weighted by Crippen LogP contribution is -2.35. The van der Waals surface area contributed by atoms with Gasteiger partial charge in [-0.3, -0.25) is 14.5 Å². The van der Waals surface area contributed by atoms with E-state index in [2.05, 4.69) is 0 Å². The number of amides is 2. The number of carbonyl (C=O) groups is 2. The van der Waals surface area contributed by atoms with Gasteiger partial charge >= 0.3 is 0 Å². The number of anilines is 1. The molecule has 4 nitrogen and oxygen atoms in total. The Labute approximate surface area is 99.4 Å². The Morgan fingerprint density at radius 2 is 1.82 bits per heavy atom. The summed E-state index contributed by atoms with van der Waals surface area (Å²) in [4.78, 5) is 25.3. The van der Waals surface area contributed by atoms with E-state index in [1.807, 2.05) is 25.1 Å². The number of nitrogen functional groups attached to an aromatic ring is 1. The summed E-state index contributed by atoms with van der Waals surface area (Å²) in [6.45, 7) is 1.85. The number of hydrogen-bond acceptors (Lipinski definition) is 3. The Kier molecular flexibility index (Phi) is 2.02. The molecule has 1 aromatic carbocycles. The van der Waals surface area contributed by atoms with Gasteiger partial charge in [-0.2, -0.15) is 0 Å². The van der Waals surface area contributed by atoms with Gasteiger partial charge in [0, 0.05) is 5.69 Å². The zero-order valence-corrected chi connectivity index (χ0v) is 9.59. The highest BCUT2D eigenvalue weighted by Gasteiger charge is 2.59. The molecule has 2 aliphatic rings. The van der Waals surface area contributed by atoms with Crippen molar-refractivity contribution in [1.82, 2.24) is 4.90 Å². The molecule has 2 fully saturated rings. The minimum atomic E-state index is -0.260. The molecule has 1 saturated carbocycles. The number of carbonyl (C=O) groups excluding carboxylic acids is 2. The standard InChI is InChI=1S/C13H14N2O2/c1-7(8-4-2-3-5-11(8)14)15-12(16)9-6-10(9)13(15)17/h2-5,7,9-10H,6,14H2,1H3. The maximum atomic E-state index is 11.9. The van der Waals surface area contributed by atoms with E-state index in [-0.39, 0.29) is 29.7 Å². The van der Waals surface area contributed by atoms with Gasteiger partial charge in [0.05, 0.1) is 17.9 Å². The molecule has 1 aliphatic heterocycles. The third kappa shape index (κ3) is 1.37. The number of fused-ring (bicyclic) bond motifs is 1. The zero-order chi connectivity index (χ0) is 12.2. The van der Waals surface area contributed by atoms with Crippen molar-refractivity contribution in [1.29, 1.82) is 0 Å². The maximum absolute atomic E-state index is 11.9. The number of likely N-dealkylation sites (tertiary alicyclic amines) is 1. The molecule has 17 heavy (non-hydrogen) atoms. The second-order valence-corrected chi connectivity index (χ2v) is 4.80. The van der Waals surface area contributed by atoms with Crippen molar-refractivity contribution >= 4 is 17.5 Å². The molecule has 1 aliphatic carbocycles. The monoisotopic (exact) mass is 230 g/mol. The summed E-state index contributed by atoms with van der Waals surface area (Å²) in [5.41, 5.74) is 7.35. The molecule has 3 rings (SSSR count). The fourth-order valence-corrected chi connectivity index (χ4v) is 2.62. The summed E-state index contributed by atoms with van der Waals surface area (Å²) in [5, 5.41) is 0. The molecule has 0 aromatic heterocycles. The van der Waals surface area contributed by atoms with Crippen molar-refractivity contribution in [2.24, 2.45) is 11.8 Å². The van der Waals surface area contributed by atoms with Crippen molar-refractivity contribution in [2.75, 3.05) is 5.73 Å². The third-order valence-electron chi connectivity index (χ3n) is 3.73. The molecule has 0 spiro atoms. The highest BCUT2D eigenvalue weighted by molar-refractivity contribution is 6.09. The van der Waals surface area contributed by atoms with Crippen LogP contribution in [0.1, 0.15) is 24.9 Å². The second kappa shape index (κ2) is 3.32. The van der Waals surface area contributed by atoms with Crippen LogP contribution in [0.2, 0.25) is 0 Å². The van der Waals surface area contributed by atoms with E-state index in [0.717, 1.165) is 12.0 Å². The van der Waals surface area contributed by atoms with Gasteiger partial charge in [0.1, 0.15) is 0 Å². The van der Waals surface area contributed by atoms with Gasteiger partial charge in [-0.05, 0) is 25.0 Å². The highest BCUT2D eigenvalue weighted by atomic mass is 16.2. The number of nitrogens with zero attached hydrogens (tertiary/aromatic N) is 1. The van der Waals surface area contributed by atoms with Crippen LogP contribution in [-0.4, -0.2) is 16.7 Å². The first-order valence-electron chi connectivity index (χ1n) is 5.82. The predicted molar refractivity (Wildman–Crippen MR) is 62.7 cm³/mol. The normalized spacial score (nSPS) is 28.2. The lowest BCUT2D eigenvalue weighted by molar-refractivity contribution is -0.143. The molecule has 3 unspecified atom stereocenters. The minimum absolute atomic E-state index is 0.0317. The Morgan fingerprint density at radius 1 is 1.24 bits per heavy atom. The second-order valence-electron chi connectivity index (χ2n) is 4.80. The quantitative estimate of drug-likeness (QED) is 0.616. The van der Waals surface area contributed by atoms with Crippen LogP contribution in [0.4, 0.5) is 5.69 Å². The minimum Gasteiger partial charge on any atom is -0.398 e. The molecule has 2 amide bonds. The predicted octanol–water partition coefficient (Wildman–Crippen LogP) is 1.33. The Bertz CT molecular complexity index is 492. The van der Waals surface area contributed by atoms with E-state index in [9.17, 15) is 9.59 Å². The van der Waals surface area contributed by atoms with E-state index in [1.165, 1.54) is 4.90 Å². The van der Waals surface area contributed by atoms with Crippen LogP contribution in [0.25, 0.3) is 0 Å². The van der Waals surface area contributed by atoms with Crippen LogP contribution in [-0.2, 0) is 9.59 Å². The van der Waals surface area contributed by atoms with Gasteiger partial charge < -0.3 is 5.73 Å². The van der Waals surface area contributed by atoms with Gasteiger partial charge in [0.2, 0.25) is 11.8 Å². The largest absolute Gasteiger partial charge is 0.398 e. The molecule has 3 atom stereocenters. The van der Waals surface area contributed by atoms with E-state index in [4.69, 9.17) is 5.73 Å². The van der Waals surface area contributed by atoms with Crippen LogP contribution in [0.5, 0.6) is 0 Å². The summed E-state index contributed by atoms with van der Waals surface area (Å²) >= 11 is 0. The molecule has 1 aromatic rings. The van der Waals surface area contributed by atoms with Crippen molar-refractivity contribution in [3.8, 4) is 0 Å². The number of nitrogens with two attached hydrogens (primary N) is 1. The van der Waals surface area contributed by atoms with Gasteiger partial charge in [0.25, 0.3) is 0 Å². The van der Waals surface area contributed by atoms with Gasteiger partial charge in [-0.1, -0.05) is 18.2 Å². The number of benzene rings is 1. The first kappa shape index (κ1) is 10.3. The van der Waals surface area contributed by atoms with Crippen LogP contribution >= 0.6 is 0 Å². The molecular formula is C13H14N2O2. The Balaban J connectivity index is 1.93. The van der Waals surface area contributed by atoms with Gasteiger partial charge in [-0.25, -0.2) is 0 Å². The fourth-order valence-electron chi connectivity index (χ4n) is 2.62. The Morgan fingerprint density at radius 3 is 2.41 bits per heavy atom. The number of piperidine rings is 1. The summed E-state index contributed by atoms with van der Waals surface area (Å²) in [7, 11) is 0. The molecule has 88 valence electrons. The van der Waals surface area contributed by atoms with E-state index < -0.39 is 0 Å². The zero-order valence-electron chi connectivity index (χ0n) is 9.59. The van der Waals surface area contributed by atoms with Crippen molar-refractivity contribution in [2.45, 2.75) is 19.4 Å². The lowest BCUT2D eigenvalue weighted by Gasteiger charge is -2.25. The molecule has 0 radical (unpaired) electrons. The van der Waals surface area contributed by atoms with Gasteiger partial charge in [-0.15, -0.1) is 0 Å². The maximum Gasteiger partial charge on any atom is 0.233 e.